The van der Waals surface area contributed by atoms with Crippen LogP contribution in [0.2, 0.25) is 0 Å². The normalized spacial score (nSPS) is 24.6. The van der Waals surface area contributed by atoms with Crippen molar-refractivity contribution in [2.24, 2.45) is 0 Å². The molecular weight excluding hydrogens is 485 g/mol. The Kier molecular flexibility index (Phi) is 8.31. The standard InChI is InChI=1S/C21H28N3O10P/c1-13(2)33-19(27)14(3)23-35(30,34-15-7-5-4-6-8-15)32-11-16-18(26)21(29,12-31-16)24-10-9-17(25)22-20(24)28/h4-10,13-14,16,18,26,29H,11-12H2,1-3H3,(H,23,30)(H,22,25,28). The van der Waals surface area contributed by atoms with Crippen molar-refractivity contribution in [1.29, 1.82) is 0 Å². The molecule has 1 aromatic carbocycles. The molecule has 4 N–H and O–H groups in total. The first kappa shape index (κ1) is 26.8. The van der Waals surface area contributed by atoms with Gasteiger partial charge in [0, 0.05) is 12.3 Å². The number of benzene rings is 1. The number of H-pyrrole nitrogens is 1. The molecule has 0 radical (unpaired) electrons. The number of nitrogens with one attached hydrogen (secondary N) is 2. The Morgan fingerprint density at radius 1 is 1.29 bits per heavy atom. The molecule has 0 bridgehead atoms. The predicted molar refractivity (Wildman–Crippen MR) is 122 cm³/mol. The highest BCUT2D eigenvalue weighted by atomic mass is 31.2. The van der Waals surface area contributed by atoms with Gasteiger partial charge in [-0.15, -0.1) is 0 Å². The van der Waals surface area contributed by atoms with Crippen LogP contribution in [0, 0.1) is 0 Å². The maximum atomic E-state index is 13.5. The number of aromatic amines is 1. The molecule has 14 heteroatoms. The van der Waals surface area contributed by atoms with Gasteiger partial charge in [0.2, 0.25) is 0 Å². The molecular formula is C21H28N3O10P. The third-order valence-corrected chi connectivity index (χ3v) is 6.66. The van der Waals surface area contributed by atoms with E-state index >= 15 is 0 Å². The Balaban J connectivity index is 1.76. The summed E-state index contributed by atoms with van der Waals surface area (Å²) in [5.74, 6) is -0.513. The monoisotopic (exact) mass is 513 g/mol. The van der Waals surface area contributed by atoms with E-state index in [0.717, 1.165) is 16.8 Å². The van der Waals surface area contributed by atoms with Crippen molar-refractivity contribution in [1.82, 2.24) is 14.6 Å². The Hall–Kier alpha value is -2.80. The number of nitrogens with zero attached hydrogens (tertiary/aromatic N) is 1. The van der Waals surface area contributed by atoms with E-state index in [1.54, 1.807) is 32.0 Å². The number of carbonyl (C=O) groups excluding carboxylic acids is 1. The molecule has 1 saturated heterocycles. The number of aromatic nitrogens is 2. The summed E-state index contributed by atoms with van der Waals surface area (Å²) in [7, 11) is -4.24. The maximum Gasteiger partial charge on any atom is 0.459 e. The van der Waals surface area contributed by atoms with E-state index in [1.165, 1.54) is 19.1 Å². The molecule has 1 aliphatic rings. The molecule has 13 nitrogen and oxygen atoms in total. The smallest absolute Gasteiger partial charge is 0.459 e. The number of ether oxygens (including phenoxy) is 2. The lowest BCUT2D eigenvalue weighted by Crippen LogP contribution is -2.52. The molecule has 0 amide bonds. The third-order valence-electron chi connectivity index (χ3n) is 5.01. The average molecular weight is 513 g/mol. The molecule has 2 heterocycles. The van der Waals surface area contributed by atoms with Gasteiger partial charge < -0.3 is 24.2 Å². The summed E-state index contributed by atoms with van der Waals surface area (Å²) in [6.45, 7) is 3.66. The van der Waals surface area contributed by atoms with Crippen LogP contribution in [0.5, 0.6) is 5.75 Å². The number of hydrogen-bond acceptors (Lipinski definition) is 10. The molecule has 1 aliphatic heterocycles. The first-order chi connectivity index (χ1) is 16.4. The SMILES string of the molecule is CC(C)OC(=O)C(C)NP(=O)(OCC1OCC(O)(n2ccc(=O)[nH]c2=O)C1O)Oc1ccccc1. The van der Waals surface area contributed by atoms with E-state index in [4.69, 9.17) is 18.5 Å². The van der Waals surface area contributed by atoms with E-state index in [9.17, 15) is 29.2 Å². The third kappa shape index (κ3) is 6.45. The van der Waals surface area contributed by atoms with Crippen LogP contribution < -0.4 is 20.9 Å². The molecule has 0 saturated carbocycles. The van der Waals surface area contributed by atoms with Crippen LogP contribution in [0.25, 0.3) is 0 Å². The fraction of sp³-hybridized carbons (Fsp3) is 0.476. The number of aliphatic hydroxyl groups is 2. The molecule has 192 valence electrons. The molecule has 5 unspecified atom stereocenters. The number of rotatable bonds is 10. The minimum Gasteiger partial charge on any atom is -0.462 e. The van der Waals surface area contributed by atoms with E-state index in [1.807, 2.05) is 4.98 Å². The fourth-order valence-corrected chi connectivity index (χ4v) is 4.79. The zero-order valence-corrected chi connectivity index (χ0v) is 20.2. The van der Waals surface area contributed by atoms with Gasteiger partial charge in [-0.2, -0.15) is 5.09 Å². The predicted octanol–water partition coefficient (Wildman–Crippen LogP) is 0.0748. The number of esters is 1. The zero-order chi connectivity index (χ0) is 25.8. The van der Waals surface area contributed by atoms with Crippen LogP contribution in [0.15, 0.2) is 52.2 Å². The first-order valence-electron chi connectivity index (χ1n) is 10.8. The van der Waals surface area contributed by atoms with Gasteiger partial charge in [-0.25, -0.2) is 9.36 Å². The summed E-state index contributed by atoms with van der Waals surface area (Å²) in [6, 6.07) is 7.96. The van der Waals surface area contributed by atoms with Crippen molar-refractivity contribution in [3.05, 3.63) is 63.4 Å². The molecule has 1 fully saturated rings. The van der Waals surface area contributed by atoms with Gasteiger partial charge in [-0.3, -0.25) is 23.7 Å². The van der Waals surface area contributed by atoms with Gasteiger partial charge >= 0.3 is 19.4 Å². The lowest BCUT2D eigenvalue weighted by molar-refractivity contribution is -0.149. The minimum atomic E-state index is -4.24. The van der Waals surface area contributed by atoms with Gasteiger partial charge in [0.1, 0.15) is 24.0 Å². The molecule has 2 aromatic rings. The van der Waals surface area contributed by atoms with Gasteiger partial charge in [-0.05, 0) is 32.9 Å². The van der Waals surface area contributed by atoms with E-state index < -0.39 is 68.3 Å². The summed E-state index contributed by atoms with van der Waals surface area (Å²) >= 11 is 0. The van der Waals surface area contributed by atoms with Crippen LogP contribution in [-0.2, 0) is 29.1 Å². The topological polar surface area (TPSA) is 178 Å². The number of para-hydroxylation sites is 1. The minimum absolute atomic E-state index is 0.178. The Morgan fingerprint density at radius 3 is 2.60 bits per heavy atom. The van der Waals surface area contributed by atoms with E-state index in [2.05, 4.69) is 5.09 Å². The van der Waals surface area contributed by atoms with Crippen LogP contribution in [0.3, 0.4) is 0 Å². The molecule has 0 spiro atoms. The second-order valence-corrected chi connectivity index (χ2v) is 9.88. The summed E-state index contributed by atoms with van der Waals surface area (Å²) in [6.07, 6.45) is -2.34. The quantitative estimate of drug-likeness (QED) is 0.250. The molecule has 35 heavy (non-hydrogen) atoms. The van der Waals surface area contributed by atoms with Crippen molar-refractivity contribution < 1.29 is 38.1 Å². The lowest BCUT2D eigenvalue weighted by atomic mass is 10.1. The second kappa shape index (κ2) is 10.9. The highest BCUT2D eigenvalue weighted by Crippen LogP contribution is 2.45. The zero-order valence-electron chi connectivity index (χ0n) is 19.3. The van der Waals surface area contributed by atoms with Gasteiger partial charge in [0.25, 0.3) is 5.56 Å². The Morgan fingerprint density at radius 2 is 1.97 bits per heavy atom. The van der Waals surface area contributed by atoms with Gasteiger partial charge in [-0.1, -0.05) is 18.2 Å². The van der Waals surface area contributed by atoms with Crippen molar-refractivity contribution in [2.45, 2.75) is 50.8 Å². The Bertz CT molecular complexity index is 1180. The highest BCUT2D eigenvalue weighted by Gasteiger charge is 2.51. The highest BCUT2D eigenvalue weighted by molar-refractivity contribution is 7.52. The van der Waals surface area contributed by atoms with Crippen molar-refractivity contribution in [3.63, 3.8) is 0 Å². The van der Waals surface area contributed by atoms with Crippen LogP contribution in [0.1, 0.15) is 20.8 Å². The van der Waals surface area contributed by atoms with Gasteiger partial charge in [0.15, 0.2) is 5.72 Å². The lowest BCUT2D eigenvalue weighted by Gasteiger charge is -2.28. The van der Waals surface area contributed by atoms with Crippen molar-refractivity contribution in [3.8, 4) is 5.75 Å². The molecule has 5 atom stereocenters. The number of carbonyl (C=O) groups is 1. The summed E-state index contributed by atoms with van der Waals surface area (Å²) in [5, 5.41) is 24.0. The summed E-state index contributed by atoms with van der Waals surface area (Å²) < 4.78 is 35.7. The summed E-state index contributed by atoms with van der Waals surface area (Å²) in [4.78, 5) is 37.6. The maximum absolute atomic E-state index is 13.5. The van der Waals surface area contributed by atoms with E-state index in [-0.39, 0.29) is 5.75 Å². The van der Waals surface area contributed by atoms with E-state index in [0.29, 0.717) is 0 Å². The molecule has 3 rings (SSSR count). The van der Waals surface area contributed by atoms with Crippen molar-refractivity contribution >= 4 is 13.7 Å². The average Bonchev–Trinajstić information content (AvgIpc) is 3.07. The van der Waals surface area contributed by atoms with Crippen LogP contribution in [-0.4, -0.2) is 63.3 Å². The number of hydrogen-bond donors (Lipinski definition) is 4. The summed E-state index contributed by atoms with van der Waals surface area (Å²) in [5.41, 5.74) is -3.86. The Labute approximate surface area is 200 Å². The van der Waals surface area contributed by atoms with Gasteiger partial charge in [0.05, 0.1) is 19.3 Å². The number of aliphatic hydroxyl groups excluding tert-OH is 1. The fourth-order valence-electron chi connectivity index (χ4n) is 3.28. The van der Waals surface area contributed by atoms with Crippen molar-refractivity contribution in [2.75, 3.05) is 13.2 Å². The first-order valence-corrected chi connectivity index (χ1v) is 12.3. The second-order valence-electron chi connectivity index (χ2n) is 8.19. The largest absolute Gasteiger partial charge is 0.462 e. The van der Waals surface area contributed by atoms with Crippen LogP contribution >= 0.6 is 7.75 Å². The van der Waals surface area contributed by atoms with Crippen LogP contribution in [0.4, 0.5) is 0 Å². The molecule has 0 aliphatic carbocycles. The molecule has 1 aromatic heterocycles.